The van der Waals surface area contributed by atoms with Gasteiger partial charge in [-0.25, -0.2) is 9.78 Å². The number of carbonyl (C=O) groups excluding carboxylic acids is 1. The molecule has 0 spiro atoms. The minimum absolute atomic E-state index is 0.432. The third-order valence-electron chi connectivity index (χ3n) is 5.23. The van der Waals surface area contributed by atoms with Crippen LogP contribution in [0.3, 0.4) is 0 Å². The molecule has 4 nitrogen and oxygen atoms in total. The lowest BCUT2D eigenvalue weighted by Crippen LogP contribution is -2.43. The number of hydrogen-bond donors (Lipinski definition) is 2. The average Bonchev–Trinajstić information content (AvgIpc) is 3.22. The van der Waals surface area contributed by atoms with Gasteiger partial charge in [-0.1, -0.05) is 54.6 Å². The monoisotopic (exact) mass is 451 g/mol. The molecule has 0 aliphatic carbocycles. The molecule has 5 rings (SSSR count). The number of benzene rings is 3. The van der Waals surface area contributed by atoms with E-state index in [9.17, 15) is 18.0 Å². The highest BCUT2D eigenvalue weighted by Gasteiger charge is 2.34. The van der Waals surface area contributed by atoms with Gasteiger partial charge in [-0.15, -0.1) is 11.3 Å². The highest BCUT2D eigenvalue weighted by atomic mass is 32.1. The first-order chi connectivity index (χ1) is 15.4. The predicted octanol–water partition coefficient (Wildman–Crippen LogP) is 6.24. The second kappa shape index (κ2) is 7.80. The van der Waals surface area contributed by atoms with Gasteiger partial charge in [-0.3, -0.25) is 0 Å². The van der Waals surface area contributed by atoms with Crippen molar-refractivity contribution in [3.8, 4) is 0 Å². The zero-order valence-electron chi connectivity index (χ0n) is 16.5. The first kappa shape index (κ1) is 20.3. The lowest BCUT2D eigenvalue weighted by atomic mass is 9.92. The number of amides is 2. The lowest BCUT2D eigenvalue weighted by molar-refractivity contribution is -0.137. The number of urea groups is 1. The number of rotatable bonds is 3. The van der Waals surface area contributed by atoms with Crippen LogP contribution in [0.5, 0.6) is 0 Å². The summed E-state index contributed by atoms with van der Waals surface area (Å²) in [5, 5.41) is 6.42. The van der Waals surface area contributed by atoms with Crippen molar-refractivity contribution in [2.75, 3.05) is 0 Å². The first-order valence-electron chi connectivity index (χ1n) is 9.80. The average molecular weight is 451 g/mol. The van der Waals surface area contributed by atoms with E-state index in [1.165, 1.54) is 23.5 Å². The van der Waals surface area contributed by atoms with Crippen molar-refractivity contribution in [1.29, 1.82) is 0 Å². The van der Waals surface area contributed by atoms with E-state index in [1.54, 1.807) is 0 Å². The van der Waals surface area contributed by atoms with E-state index in [2.05, 4.69) is 10.6 Å². The summed E-state index contributed by atoms with van der Waals surface area (Å²) in [5.74, 6) is 0. The van der Waals surface area contributed by atoms with Crippen LogP contribution in [-0.4, -0.2) is 11.0 Å². The van der Waals surface area contributed by atoms with Crippen molar-refractivity contribution >= 4 is 38.9 Å². The van der Waals surface area contributed by atoms with Gasteiger partial charge in [0.1, 0.15) is 5.01 Å². The number of nitrogens with zero attached hydrogens (tertiary/aromatic N) is 1. The highest BCUT2D eigenvalue weighted by molar-refractivity contribution is 7.19. The van der Waals surface area contributed by atoms with Crippen LogP contribution in [0.2, 0.25) is 0 Å². The number of nitrogens with one attached hydrogen (secondary N) is 2. The molecule has 4 aromatic rings. The van der Waals surface area contributed by atoms with Crippen molar-refractivity contribution in [2.24, 2.45) is 0 Å². The summed E-state index contributed by atoms with van der Waals surface area (Å²) in [6.07, 6.45) is -4.43. The number of halogens is 3. The topological polar surface area (TPSA) is 54.0 Å². The van der Waals surface area contributed by atoms with Crippen molar-refractivity contribution in [3.63, 3.8) is 0 Å². The number of para-hydroxylation sites is 1. The van der Waals surface area contributed by atoms with E-state index in [0.717, 1.165) is 27.9 Å². The van der Waals surface area contributed by atoms with E-state index in [0.29, 0.717) is 21.8 Å². The molecule has 1 aliphatic rings. The highest BCUT2D eigenvalue weighted by Crippen LogP contribution is 2.41. The Hall–Kier alpha value is -3.65. The molecule has 0 saturated carbocycles. The van der Waals surface area contributed by atoms with Gasteiger partial charge in [0.05, 0.1) is 27.5 Å². The summed E-state index contributed by atoms with van der Waals surface area (Å²) in [6.45, 7) is 0. The maximum Gasteiger partial charge on any atom is 0.416 e. The second-order valence-electron chi connectivity index (χ2n) is 7.29. The molecule has 1 atom stereocenters. The third kappa shape index (κ3) is 3.73. The van der Waals surface area contributed by atoms with Gasteiger partial charge in [0.15, 0.2) is 0 Å². The second-order valence-corrected chi connectivity index (χ2v) is 8.32. The summed E-state index contributed by atoms with van der Waals surface area (Å²) in [6, 6.07) is 20.8. The summed E-state index contributed by atoms with van der Waals surface area (Å²) in [7, 11) is 0. The van der Waals surface area contributed by atoms with Crippen molar-refractivity contribution in [3.05, 3.63) is 101 Å². The summed E-state index contributed by atoms with van der Waals surface area (Å²) < 4.78 is 40.2. The maximum absolute atomic E-state index is 13.1. The van der Waals surface area contributed by atoms with E-state index >= 15 is 0 Å². The normalized spacial score (nSPS) is 16.7. The predicted molar refractivity (Wildman–Crippen MR) is 119 cm³/mol. The lowest BCUT2D eigenvalue weighted by Gasteiger charge is -2.30. The third-order valence-corrected chi connectivity index (χ3v) is 6.30. The molecule has 2 N–H and O–H groups in total. The standard InChI is InChI=1S/C24H16F3N3OS/c25-24(26,27)16-12-10-15(11-13-16)21-19(22-28-17-8-4-5-9-18(17)32-22)20(29-23(31)30-21)14-6-2-1-3-7-14/h1-13,21H,(H2,29,30,31)/t21-/m1/s1. The van der Waals surface area contributed by atoms with E-state index in [1.807, 2.05) is 54.6 Å². The molecule has 0 radical (unpaired) electrons. The van der Waals surface area contributed by atoms with Crippen LogP contribution in [0.25, 0.3) is 21.5 Å². The van der Waals surface area contributed by atoms with Crippen LogP contribution in [0.4, 0.5) is 18.0 Å². The zero-order chi connectivity index (χ0) is 22.3. The molecule has 2 amide bonds. The molecule has 0 fully saturated rings. The Kier molecular flexibility index (Phi) is 4.94. The fourth-order valence-corrected chi connectivity index (χ4v) is 4.78. The van der Waals surface area contributed by atoms with Crippen LogP contribution in [-0.2, 0) is 6.18 Å². The molecule has 160 valence electrons. The Morgan fingerprint density at radius 2 is 1.56 bits per heavy atom. The molecular formula is C24H16F3N3OS. The van der Waals surface area contributed by atoms with Gasteiger partial charge in [-0.05, 0) is 35.4 Å². The fourth-order valence-electron chi connectivity index (χ4n) is 3.73. The molecule has 1 aliphatic heterocycles. The van der Waals surface area contributed by atoms with Crippen LogP contribution in [0, 0.1) is 0 Å². The van der Waals surface area contributed by atoms with Crippen LogP contribution < -0.4 is 10.6 Å². The summed E-state index contributed by atoms with van der Waals surface area (Å²) in [5.41, 5.74) is 2.69. The Labute approximate surface area is 185 Å². The quantitative estimate of drug-likeness (QED) is 0.388. The van der Waals surface area contributed by atoms with Crippen LogP contribution >= 0.6 is 11.3 Å². The largest absolute Gasteiger partial charge is 0.416 e. The smallest absolute Gasteiger partial charge is 0.327 e. The van der Waals surface area contributed by atoms with Gasteiger partial charge < -0.3 is 10.6 Å². The van der Waals surface area contributed by atoms with E-state index in [-0.39, 0.29) is 0 Å². The SMILES string of the molecule is O=C1NC(c2ccccc2)=C(c2nc3ccccc3s2)[C@@H](c2ccc(C(F)(F)F)cc2)N1. The maximum atomic E-state index is 13.1. The molecule has 0 bridgehead atoms. The Balaban J connectivity index is 1.71. The molecule has 32 heavy (non-hydrogen) atoms. The number of thiazole rings is 1. The van der Waals surface area contributed by atoms with Gasteiger partial charge in [-0.2, -0.15) is 13.2 Å². The number of alkyl halides is 3. The molecule has 0 unspecified atom stereocenters. The molecule has 8 heteroatoms. The minimum Gasteiger partial charge on any atom is -0.327 e. The van der Waals surface area contributed by atoms with Gasteiger partial charge in [0.2, 0.25) is 0 Å². The molecule has 1 aromatic heterocycles. The zero-order valence-corrected chi connectivity index (χ0v) is 17.3. The van der Waals surface area contributed by atoms with Gasteiger partial charge in [0.25, 0.3) is 0 Å². The first-order valence-corrected chi connectivity index (χ1v) is 10.6. The van der Waals surface area contributed by atoms with Crippen LogP contribution in [0.15, 0.2) is 78.9 Å². The van der Waals surface area contributed by atoms with Crippen LogP contribution in [0.1, 0.15) is 27.7 Å². The van der Waals surface area contributed by atoms with Gasteiger partial charge in [0, 0.05) is 5.57 Å². The molecule has 0 saturated heterocycles. The van der Waals surface area contributed by atoms with Crippen molar-refractivity contribution in [1.82, 2.24) is 15.6 Å². The van der Waals surface area contributed by atoms with Gasteiger partial charge >= 0.3 is 12.2 Å². The molecule has 2 heterocycles. The molecule has 3 aromatic carbocycles. The Morgan fingerprint density at radius 3 is 2.25 bits per heavy atom. The van der Waals surface area contributed by atoms with Crippen molar-refractivity contribution in [2.45, 2.75) is 12.2 Å². The fraction of sp³-hybridized carbons (Fsp3) is 0.0833. The molecular weight excluding hydrogens is 435 g/mol. The minimum atomic E-state index is -4.43. The van der Waals surface area contributed by atoms with Crippen molar-refractivity contribution < 1.29 is 18.0 Å². The Morgan fingerprint density at radius 1 is 0.875 bits per heavy atom. The van der Waals surface area contributed by atoms with E-state index < -0.39 is 23.8 Å². The number of fused-ring (bicyclic) bond motifs is 1. The number of hydrogen-bond acceptors (Lipinski definition) is 3. The number of carbonyl (C=O) groups is 1. The number of aromatic nitrogens is 1. The van der Waals surface area contributed by atoms with E-state index in [4.69, 9.17) is 4.98 Å². The Bertz CT molecular complexity index is 1300. The summed E-state index contributed by atoms with van der Waals surface area (Å²) in [4.78, 5) is 17.3. The summed E-state index contributed by atoms with van der Waals surface area (Å²) >= 11 is 1.47.